The van der Waals surface area contributed by atoms with E-state index in [-0.39, 0.29) is 38.6 Å². The van der Waals surface area contributed by atoms with Gasteiger partial charge in [-0.2, -0.15) is 0 Å². The van der Waals surface area contributed by atoms with Crippen molar-refractivity contribution in [1.82, 2.24) is 0 Å². The topological polar surface area (TPSA) is 134 Å². The van der Waals surface area contributed by atoms with E-state index in [2.05, 4.69) is 74.6 Å². The first-order valence-electron chi connectivity index (χ1n) is 23.8. The van der Waals surface area contributed by atoms with Crippen molar-refractivity contribution in [3.63, 3.8) is 0 Å². The van der Waals surface area contributed by atoms with Crippen LogP contribution in [0.3, 0.4) is 0 Å². The van der Waals surface area contributed by atoms with E-state index in [4.69, 9.17) is 24.3 Å². The third kappa shape index (κ3) is 45.1. The number of phosphoric ester groups is 1. The van der Waals surface area contributed by atoms with Gasteiger partial charge in [0, 0.05) is 19.4 Å². The number of carbonyl (C=O) groups excluding carboxylic acids is 2. The predicted molar refractivity (Wildman–Crippen MR) is 247 cm³/mol. The highest BCUT2D eigenvalue weighted by atomic mass is 31.2. The average Bonchev–Trinajstić information content (AvgIpc) is 3.22. The molecule has 0 fully saturated rings. The average molecular weight is 850 g/mol. The lowest BCUT2D eigenvalue weighted by molar-refractivity contribution is -0.161. The maximum atomic E-state index is 12.6. The normalized spacial score (nSPS) is 13.8. The minimum atomic E-state index is -4.39. The Balaban J connectivity index is 4.15. The number of phosphoric acid groups is 1. The second-order valence-corrected chi connectivity index (χ2v) is 17.1. The fourth-order valence-electron chi connectivity index (χ4n) is 6.43. The number of hydrogen-bond acceptors (Lipinski definition) is 8. The summed E-state index contributed by atoms with van der Waals surface area (Å²) in [6.45, 7) is 3.60. The molecule has 0 saturated heterocycles. The van der Waals surface area contributed by atoms with Crippen LogP contribution in [-0.2, 0) is 32.7 Å². The van der Waals surface area contributed by atoms with Crippen LogP contribution in [0.5, 0.6) is 0 Å². The molecule has 59 heavy (non-hydrogen) atoms. The van der Waals surface area contributed by atoms with Gasteiger partial charge in [-0.05, 0) is 57.8 Å². The van der Waals surface area contributed by atoms with Gasteiger partial charge in [0.15, 0.2) is 6.10 Å². The number of ether oxygens (including phenoxy) is 2. The smallest absolute Gasteiger partial charge is 0.462 e. The summed E-state index contributed by atoms with van der Waals surface area (Å²) in [5.74, 6) is -0.862. The minimum Gasteiger partial charge on any atom is -0.462 e. The largest absolute Gasteiger partial charge is 0.472 e. The number of allylic oxidation sites excluding steroid dienone is 10. The molecule has 0 aromatic carbocycles. The van der Waals surface area contributed by atoms with Crippen LogP contribution in [0.1, 0.15) is 206 Å². The molecule has 0 aromatic rings. The van der Waals surface area contributed by atoms with E-state index in [0.29, 0.717) is 6.42 Å². The Kier molecular flexibility index (Phi) is 43.5. The first-order valence-corrected chi connectivity index (χ1v) is 25.3. The molecule has 0 aliphatic heterocycles. The summed E-state index contributed by atoms with van der Waals surface area (Å²) in [5, 5.41) is 0. The molecule has 0 radical (unpaired) electrons. The van der Waals surface area contributed by atoms with Crippen molar-refractivity contribution in [2.45, 2.75) is 213 Å². The van der Waals surface area contributed by atoms with Crippen molar-refractivity contribution in [2.75, 3.05) is 26.4 Å². The zero-order chi connectivity index (χ0) is 43.2. The number of unbranched alkanes of at least 4 members (excludes halogenated alkanes) is 21. The molecular formula is C49H88NO8P. The molecular weight excluding hydrogens is 762 g/mol. The number of rotatable bonds is 44. The molecule has 0 saturated carbocycles. The van der Waals surface area contributed by atoms with E-state index in [1.807, 2.05) is 0 Å². The maximum Gasteiger partial charge on any atom is 0.472 e. The second kappa shape index (κ2) is 45.2. The van der Waals surface area contributed by atoms with Gasteiger partial charge in [-0.1, -0.05) is 197 Å². The Morgan fingerprint density at radius 1 is 0.525 bits per heavy atom. The van der Waals surface area contributed by atoms with E-state index < -0.39 is 26.5 Å². The van der Waals surface area contributed by atoms with Crippen LogP contribution in [0.4, 0.5) is 0 Å². The Morgan fingerprint density at radius 3 is 1.39 bits per heavy atom. The highest BCUT2D eigenvalue weighted by molar-refractivity contribution is 7.47. The third-order valence-electron chi connectivity index (χ3n) is 9.92. The van der Waals surface area contributed by atoms with Crippen molar-refractivity contribution in [3.05, 3.63) is 60.8 Å². The molecule has 10 heteroatoms. The van der Waals surface area contributed by atoms with Gasteiger partial charge in [0.25, 0.3) is 0 Å². The Hall–Kier alpha value is -2.29. The first kappa shape index (κ1) is 56.7. The van der Waals surface area contributed by atoms with Crippen LogP contribution in [0.25, 0.3) is 0 Å². The lowest BCUT2D eigenvalue weighted by Gasteiger charge is -2.19. The molecule has 9 nitrogen and oxygen atoms in total. The summed E-state index contributed by atoms with van der Waals surface area (Å²) in [6.07, 6.45) is 54.0. The van der Waals surface area contributed by atoms with Gasteiger partial charge >= 0.3 is 19.8 Å². The van der Waals surface area contributed by atoms with E-state index in [1.54, 1.807) is 0 Å². The highest BCUT2D eigenvalue weighted by Crippen LogP contribution is 2.43. The summed E-state index contributed by atoms with van der Waals surface area (Å²) in [6, 6.07) is 0. The molecule has 0 aliphatic rings. The third-order valence-corrected chi connectivity index (χ3v) is 10.9. The summed E-state index contributed by atoms with van der Waals surface area (Å²) >= 11 is 0. The van der Waals surface area contributed by atoms with Gasteiger partial charge < -0.3 is 20.1 Å². The van der Waals surface area contributed by atoms with Crippen LogP contribution in [0, 0.1) is 0 Å². The lowest BCUT2D eigenvalue weighted by atomic mass is 10.0. The summed E-state index contributed by atoms with van der Waals surface area (Å²) in [4.78, 5) is 35.0. The quantitative estimate of drug-likeness (QED) is 0.0266. The summed E-state index contributed by atoms with van der Waals surface area (Å²) < 4.78 is 32.8. The van der Waals surface area contributed by atoms with Crippen LogP contribution in [0.15, 0.2) is 60.8 Å². The van der Waals surface area contributed by atoms with E-state index in [0.717, 1.165) is 70.6 Å². The lowest BCUT2D eigenvalue weighted by Crippen LogP contribution is -2.29. The van der Waals surface area contributed by atoms with Gasteiger partial charge in [-0.25, -0.2) is 4.57 Å². The molecule has 0 amide bonds. The molecule has 0 rings (SSSR count). The zero-order valence-electron chi connectivity index (χ0n) is 37.7. The molecule has 2 atom stereocenters. The number of carbonyl (C=O) groups is 2. The fraction of sp³-hybridized carbons (Fsp3) is 0.755. The number of hydrogen-bond donors (Lipinski definition) is 2. The molecule has 0 aliphatic carbocycles. The molecule has 0 bridgehead atoms. The standard InChI is InChI=1S/C49H88NO8P/c1-3-5-7-9-11-13-15-17-19-21-23-25-27-29-31-33-35-37-39-41-48(51)55-45-47(46-57-59(53,54)56-44-43-50)58-49(52)42-40-38-36-34-32-30-28-26-24-22-20-18-16-14-12-10-8-6-4-2/h6,8,12,14,18,20,24,26,30,32,47H,3-5,7,9-11,13,15-17,19,21-23,25,27-29,31,33-46,50H2,1-2H3,(H,53,54)/b8-6+,14-12+,20-18+,26-24+,32-30+/t47-/m1/s1. The van der Waals surface area contributed by atoms with Gasteiger partial charge in [0.2, 0.25) is 0 Å². The van der Waals surface area contributed by atoms with Crippen LogP contribution in [0.2, 0.25) is 0 Å². The second-order valence-electron chi connectivity index (χ2n) is 15.6. The number of nitrogens with two attached hydrogens (primary N) is 1. The van der Waals surface area contributed by atoms with Crippen LogP contribution < -0.4 is 5.73 Å². The van der Waals surface area contributed by atoms with Crippen molar-refractivity contribution in [1.29, 1.82) is 0 Å². The van der Waals surface area contributed by atoms with Gasteiger partial charge in [0.1, 0.15) is 6.61 Å². The van der Waals surface area contributed by atoms with Crippen molar-refractivity contribution < 1.29 is 37.6 Å². The highest BCUT2D eigenvalue weighted by Gasteiger charge is 2.26. The molecule has 3 N–H and O–H groups in total. The van der Waals surface area contributed by atoms with Gasteiger partial charge in [-0.3, -0.25) is 18.6 Å². The molecule has 0 aromatic heterocycles. The number of esters is 2. The van der Waals surface area contributed by atoms with Crippen LogP contribution >= 0.6 is 7.82 Å². The molecule has 342 valence electrons. The molecule has 0 spiro atoms. The van der Waals surface area contributed by atoms with Crippen LogP contribution in [-0.4, -0.2) is 49.3 Å². The van der Waals surface area contributed by atoms with Crippen molar-refractivity contribution in [3.8, 4) is 0 Å². The predicted octanol–water partition coefficient (Wildman–Crippen LogP) is 14.1. The molecule has 0 heterocycles. The summed E-state index contributed by atoms with van der Waals surface area (Å²) in [5.41, 5.74) is 5.36. The van der Waals surface area contributed by atoms with Gasteiger partial charge in [0.05, 0.1) is 13.2 Å². The zero-order valence-corrected chi connectivity index (χ0v) is 38.6. The van der Waals surface area contributed by atoms with Crippen molar-refractivity contribution >= 4 is 19.8 Å². The first-order chi connectivity index (χ1) is 28.8. The Morgan fingerprint density at radius 2 is 0.932 bits per heavy atom. The molecule has 1 unspecified atom stereocenters. The fourth-order valence-corrected chi connectivity index (χ4v) is 7.19. The van der Waals surface area contributed by atoms with Crippen molar-refractivity contribution in [2.24, 2.45) is 5.73 Å². The van der Waals surface area contributed by atoms with E-state index >= 15 is 0 Å². The SMILES string of the molecule is CC/C=C/C/C=C/C/C=C/C/C=C/C/C=C/CCCCCC(=O)O[C@H](COC(=O)CCCCCCCCCCCCCCCCCCCCC)COP(=O)(O)OCCN. The Labute approximate surface area is 361 Å². The monoisotopic (exact) mass is 850 g/mol. The van der Waals surface area contributed by atoms with E-state index in [9.17, 15) is 19.0 Å². The van der Waals surface area contributed by atoms with Gasteiger partial charge in [-0.15, -0.1) is 0 Å². The maximum absolute atomic E-state index is 12.6. The Bertz CT molecular complexity index is 1150. The minimum absolute atomic E-state index is 0.0461. The van der Waals surface area contributed by atoms with E-state index in [1.165, 1.54) is 103 Å². The summed E-state index contributed by atoms with van der Waals surface area (Å²) in [7, 11) is -4.39.